The van der Waals surface area contributed by atoms with E-state index in [4.69, 9.17) is 23.7 Å². The maximum Gasteiger partial charge on any atom is 0.410 e. The number of piperidine rings is 1. The van der Waals surface area contributed by atoms with E-state index >= 15 is 0 Å². The van der Waals surface area contributed by atoms with Crippen LogP contribution in [0.1, 0.15) is 53.9 Å². The van der Waals surface area contributed by atoms with Gasteiger partial charge in [-0.15, -0.1) is 0 Å². The number of ether oxygens (including phenoxy) is 5. The Bertz CT molecular complexity index is 956. The lowest BCUT2D eigenvalue weighted by atomic mass is 9.93. The summed E-state index contributed by atoms with van der Waals surface area (Å²) in [6.07, 6.45) is 2.92. The lowest BCUT2D eigenvalue weighted by Crippen LogP contribution is -2.47. The Morgan fingerprint density at radius 3 is 1.83 bits per heavy atom. The summed E-state index contributed by atoms with van der Waals surface area (Å²) in [5, 5.41) is 0. The fraction of sp³-hybridized carbons (Fsp3) is 0.700. The van der Waals surface area contributed by atoms with Crippen LogP contribution in [0.2, 0.25) is 0 Å². The summed E-state index contributed by atoms with van der Waals surface area (Å²) in [5.74, 6) is 0.648. The maximum atomic E-state index is 12.3. The van der Waals surface area contributed by atoms with E-state index in [1.165, 1.54) is 0 Å². The molecule has 0 aliphatic carbocycles. The zero-order valence-electron chi connectivity index (χ0n) is 25.3. The number of hydrogen-bond acceptors (Lipinski definition) is 10. The predicted octanol–water partition coefficient (Wildman–Crippen LogP) is 3.73. The second-order valence-corrected chi connectivity index (χ2v) is 11.4. The van der Waals surface area contributed by atoms with E-state index < -0.39 is 17.5 Å². The Kier molecular flexibility index (Phi) is 12.4. The largest absolute Gasteiger partial charge is 0.482 e. The molecular formula is C30H47N3O8. The van der Waals surface area contributed by atoms with Crippen molar-refractivity contribution in [3.63, 3.8) is 0 Å². The third-order valence-electron chi connectivity index (χ3n) is 7.05. The van der Waals surface area contributed by atoms with Gasteiger partial charge in [-0.05, 0) is 66.3 Å². The number of piperazine rings is 1. The quantitative estimate of drug-likeness (QED) is 0.269. The second-order valence-electron chi connectivity index (χ2n) is 11.4. The average molecular weight is 578 g/mol. The minimum Gasteiger partial charge on any atom is -0.482 e. The van der Waals surface area contributed by atoms with Crippen molar-refractivity contribution in [3.05, 3.63) is 18.2 Å². The molecule has 0 aromatic heterocycles. The van der Waals surface area contributed by atoms with Crippen molar-refractivity contribution in [1.82, 2.24) is 9.80 Å². The van der Waals surface area contributed by atoms with Crippen LogP contribution >= 0.6 is 0 Å². The summed E-state index contributed by atoms with van der Waals surface area (Å²) >= 11 is 0. The molecule has 0 spiro atoms. The number of benzene rings is 1. The van der Waals surface area contributed by atoms with Gasteiger partial charge in [0.15, 0.2) is 13.2 Å². The molecule has 2 fully saturated rings. The molecule has 230 valence electrons. The van der Waals surface area contributed by atoms with Gasteiger partial charge in [0.25, 0.3) is 0 Å². The van der Waals surface area contributed by atoms with Crippen LogP contribution in [-0.2, 0) is 23.8 Å². The van der Waals surface area contributed by atoms with E-state index in [0.29, 0.717) is 17.4 Å². The number of carbonyl (C=O) groups is 3. The van der Waals surface area contributed by atoms with Gasteiger partial charge in [-0.3, -0.25) is 4.90 Å². The Labute approximate surface area is 244 Å². The molecule has 0 radical (unpaired) electrons. The van der Waals surface area contributed by atoms with Crippen molar-refractivity contribution < 1.29 is 38.1 Å². The molecule has 2 aliphatic rings. The number of carbonyl (C=O) groups excluding carboxylic acids is 3. The first kappa shape index (κ1) is 32.3. The summed E-state index contributed by atoms with van der Waals surface area (Å²) in [7, 11) is 0. The lowest BCUT2D eigenvalue weighted by Gasteiger charge is -2.38. The molecule has 0 unspecified atom stereocenters. The third kappa shape index (κ3) is 11.3. The van der Waals surface area contributed by atoms with Crippen molar-refractivity contribution >= 4 is 23.7 Å². The smallest absolute Gasteiger partial charge is 0.410 e. The first-order valence-electron chi connectivity index (χ1n) is 14.7. The van der Waals surface area contributed by atoms with Gasteiger partial charge in [-0.1, -0.05) is 0 Å². The van der Waals surface area contributed by atoms with Crippen molar-refractivity contribution in [2.24, 2.45) is 5.92 Å². The molecule has 3 rings (SSSR count). The molecule has 2 aliphatic heterocycles. The molecule has 0 N–H and O–H groups in total. The van der Waals surface area contributed by atoms with Gasteiger partial charge in [-0.2, -0.15) is 0 Å². The molecule has 0 saturated carbocycles. The summed E-state index contributed by atoms with van der Waals surface area (Å²) in [5.41, 5.74) is 0.434. The fourth-order valence-corrected chi connectivity index (χ4v) is 4.92. The molecule has 2 saturated heterocycles. The molecule has 0 bridgehead atoms. The number of hydrogen-bond donors (Lipinski definition) is 0. The van der Waals surface area contributed by atoms with Crippen molar-refractivity contribution in [2.75, 3.05) is 77.1 Å². The summed E-state index contributed by atoms with van der Waals surface area (Å²) in [6.45, 7) is 15.4. The zero-order valence-corrected chi connectivity index (χ0v) is 25.3. The van der Waals surface area contributed by atoms with Crippen LogP contribution in [-0.4, -0.2) is 106 Å². The van der Waals surface area contributed by atoms with Crippen molar-refractivity contribution in [1.29, 1.82) is 0 Å². The molecule has 1 amide bonds. The molecule has 2 heterocycles. The minimum atomic E-state index is -0.468. The topological polar surface area (TPSA) is 107 Å². The van der Waals surface area contributed by atoms with E-state index in [-0.39, 0.29) is 32.5 Å². The molecule has 41 heavy (non-hydrogen) atoms. The number of rotatable bonds is 12. The number of amides is 1. The highest BCUT2D eigenvalue weighted by molar-refractivity contribution is 5.72. The minimum absolute atomic E-state index is 0.209. The van der Waals surface area contributed by atoms with Crippen molar-refractivity contribution in [2.45, 2.75) is 59.5 Å². The Morgan fingerprint density at radius 1 is 0.805 bits per heavy atom. The van der Waals surface area contributed by atoms with E-state index in [1.807, 2.05) is 37.8 Å². The Morgan fingerprint density at radius 2 is 1.34 bits per heavy atom. The van der Waals surface area contributed by atoms with Crippen LogP contribution < -0.4 is 14.4 Å². The van der Waals surface area contributed by atoms with Crippen LogP contribution in [0.4, 0.5) is 10.5 Å². The number of likely N-dealkylation sites (tertiary alicyclic amines) is 1. The molecule has 1 aromatic rings. The average Bonchev–Trinajstić information content (AvgIpc) is 2.94. The normalized spacial score (nSPS) is 16.7. The van der Waals surface area contributed by atoms with Crippen LogP contribution in [0.15, 0.2) is 18.2 Å². The number of nitrogens with zero attached hydrogens (tertiary/aromatic N) is 3. The second kappa shape index (κ2) is 15.7. The third-order valence-corrected chi connectivity index (χ3v) is 7.05. The number of anilines is 1. The molecule has 11 nitrogen and oxygen atoms in total. The van der Waals surface area contributed by atoms with Gasteiger partial charge in [0, 0.05) is 63.2 Å². The van der Waals surface area contributed by atoms with E-state index in [9.17, 15) is 14.4 Å². The molecule has 11 heteroatoms. The number of esters is 2. The summed E-state index contributed by atoms with van der Waals surface area (Å²) in [6, 6.07) is 5.42. The summed E-state index contributed by atoms with van der Waals surface area (Å²) in [4.78, 5) is 42.5. The van der Waals surface area contributed by atoms with Gasteiger partial charge in [0.1, 0.15) is 17.1 Å². The zero-order chi connectivity index (χ0) is 29.8. The molecular weight excluding hydrogens is 530 g/mol. The van der Waals surface area contributed by atoms with Crippen LogP contribution in [0.25, 0.3) is 0 Å². The van der Waals surface area contributed by atoms with Crippen molar-refractivity contribution in [3.8, 4) is 11.5 Å². The fourth-order valence-electron chi connectivity index (χ4n) is 4.92. The summed E-state index contributed by atoms with van der Waals surface area (Å²) < 4.78 is 26.8. The van der Waals surface area contributed by atoms with Gasteiger partial charge >= 0.3 is 18.0 Å². The maximum absolute atomic E-state index is 12.3. The van der Waals surface area contributed by atoms with Gasteiger partial charge in [-0.25, -0.2) is 14.4 Å². The standard InChI is InChI=1S/C30H47N3O8/c1-6-37-27(34)21-39-25-18-24(19-26(20-25)40-22-28(35)38-7-2)32-16-14-31(15-17-32)11-8-23-9-12-33(13-10-23)29(36)41-30(3,4)5/h18-20,23H,6-17,21-22H2,1-5H3. The van der Waals surface area contributed by atoms with E-state index in [1.54, 1.807) is 19.9 Å². The van der Waals surface area contributed by atoms with Gasteiger partial charge < -0.3 is 33.5 Å². The Hall–Kier alpha value is -3.21. The highest BCUT2D eigenvalue weighted by atomic mass is 16.6. The van der Waals surface area contributed by atoms with Crippen LogP contribution in [0.5, 0.6) is 11.5 Å². The Balaban J connectivity index is 1.49. The lowest BCUT2D eigenvalue weighted by molar-refractivity contribution is -0.146. The molecule has 0 atom stereocenters. The molecule has 1 aromatic carbocycles. The van der Waals surface area contributed by atoms with Crippen LogP contribution in [0, 0.1) is 5.92 Å². The highest BCUT2D eigenvalue weighted by Gasteiger charge is 2.27. The first-order chi connectivity index (χ1) is 19.6. The SMILES string of the molecule is CCOC(=O)COc1cc(OCC(=O)OCC)cc(N2CCN(CCC3CCN(C(=O)OC(C)(C)C)CC3)CC2)c1. The van der Waals surface area contributed by atoms with Gasteiger partial charge in [0.2, 0.25) is 0 Å². The van der Waals surface area contributed by atoms with Crippen LogP contribution in [0.3, 0.4) is 0 Å². The monoisotopic (exact) mass is 577 g/mol. The van der Waals surface area contributed by atoms with E-state index in [2.05, 4.69) is 9.80 Å². The first-order valence-corrected chi connectivity index (χ1v) is 14.7. The van der Waals surface area contributed by atoms with E-state index in [0.717, 1.165) is 70.8 Å². The predicted molar refractivity (Wildman–Crippen MR) is 154 cm³/mol. The highest BCUT2D eigenvalue weighted by Crippen LogP contribution is 2.30. The van der Waals surface area contributed by atoms with Gasteiger partial charge in [0.05, 0.1) is 13.2 Å².